The number of anilines is 1. The number of carbonyl (C=O) groups is 1. The summed E-state index contributed by atoms with van der Waals surface area (Å²) in [6.07, 6.45) is 2.64. The van der Waals surface area contributed by atoms with Gasteiger partial charge in [-0.05, 0) is 60.5 Å². The summed E-state index contributed by atoms with van der Waals surface area (Å²) in [5.74, 6) is -0.0791. The largest absolute Gasteiger partial charge is 0.324 e. The highest BCUT2D eigenvalue weighted by Crippen LogP contribution is 2.29. The number of hydrogen-bond acceptors (Lipinski definition) is 6. The van der Waals surface area contributed by atoms with Crippen LogP contribution in [0, 0.1) is 0 Å². The number of nitrogens with one attached hydrogen (secondary N) is 1. The van der Waals surface area contributed by atoms with Crippen molar-refractivity contribution in [1.29, 1.82) is 0 Å². The lowest BCUT2D eigenvalue weighted by Crippen LogP contribution is -2.35. The number of rotatable bonds is 6. The minimum absolute atomic E-state index is 0.0252. The van der Waals surface area contributed by atoms with Crippen molar-refractivity contribution in [2.24, 2.45) is 0 Å². The number of halogens is 2. The van der Waals surface area contributed by atoms with Crippen molar-refractivity contribution in [3.8, 4) is 11.4 Å². The van der Waals surface area contributed by atoms with Crippen molar-refractivity contribution in [3.63, 3.8) is 0 Å². The van der Waals surface area contributed by atoms with E-state index in [1.54, 1.807) is 30.3 Å². The first-order chi connectivity index (χ1) is 15.3. The van der Waals surface area contributed by atoms with E-state index in [1.165, 1.54) is 16.4 Å². The van der Waals surface area contributed by atoms with Crippen molar-refractivity contribution < 1.29 is 13.2 Å². The number of aromatic nitrogens is 4. The fourth-order valence-corrected chi connectivity index (χ4v) is 5.52. The summed E-state index contributed by atoms with van der Waals surface area (Å²) in [6, 6.07) is 11.3. The summed E-state index contributed by atoms with van der Waals surface area (Å²) in [4.78, 5) is 13.6. The highest BCUT2D eigenvalue weighted by Gasteiger charge is 2.28. The van der Waals surface area contributed by atoms with Crippen LogP contribution < -0.4 is 5.32 Å². The zero-order chi connectivity index (χ0) is 22.7. The third-order valence-electron chi connectivity index (χ3n) is 4.99. The molecule has 1 amide bonds. The molecular formula is C20H20Cl2N6O3S. The van der Waals surface area contributed by atoms with Gasteiger partial charge in [-0.25, -0.2) is 8.42 Å². The number of hydrogen-bond donors (Lipinski definition) is 1. The van der Waals surface area contributed by atoms with Crippen LogP contribution in [0.4, 0.5) is 5.69 Å². The number of sulfonamides is 1. The molecule has 3 aromatic rings. The lowest BCUT2D eigenvalue weighted by molar-refractivity contribution is -0.117. The molecule has 32 heavy (non-hydrogen) atoms. The Labute approximate surface area is 195 Å². The minimum atomic E-state index is -3.74. The maximum Gasteiger partial charge on any atom is 0.248 e. The molecule has 4 rings (SSSR count). The average molecular weight is 495 g/mol. The van der Waals surface area contributed by atoms with Gasteiger partial charge in [-0.1, -0.05) is 29.6 Å². The van der Waals surface area contributed by atoms with Crippen molar-refractivity contribution in [3.05, 3.63) is 52.5 Å². The SMILES string of the molecule is O=C(Cn1nnc(-c2ccc(Cl)cc2)n1)Nc1ccc(Cl)c(S(=O)(=O)N2CCCCC2)c1. The standard InChI is InChI=1S/C20H20Cl2N6O3S/c21-15-6-4-14(5-7-15)20-24-26-28(25-20)13-19(29)23-16-8-9-17(22)18(12-16)32(30,31)27-10-2-1-3-11-27/h4-9,12H,1-3,10-11,13H2,(H,23,29). The topological polar surface area (TPSA) is 110 Å². The average Bonchev–Trinajstić information content (AvgIpc) is 3.24. The van der Waals surface area contributed by atoms with Gasteiger partial charge >= 0.3 is 0 Å². The van der Waals surface area contributed by atoms with E-state index in [4.69, 9.17) is 23.2 Å². The summed E-state index contributed by atoms with van der Waals surface area (Å²) in [7, 11) is -3.74. The fraction of sp³-hybridized carbons (Fsp3) is 0.300. The highest BCUT2D eigenvalue weighted by molar-refractivity contribution is 7.89. The van der Waals surface area contributed by atoms with Crippen LogP contribution in [-0.2, 0) is 21.4 Å². The quantitative estimate of drug-likeness (QED) is 0.561. The molecule has 1 aliphatic rings. The molecule has 168 valence electrons. The summed E-state index contributed by atoms with van der Waals surface area (Å²) < 4.78 is 27.4. The molecule has 2 heterocycles. The molecule has 1 N–H and O–H groups in total. The molecule has 1 saturated heterocycles. The molecule has 1 fully saturated rings. The molecule has 0 saturated carbocycles. The number of nitrogens with zero attached hydrogens (tertiary/aromatic N) is 5. The first-order valence-electron chi connectivity index (χ1n) is 9.96. The second kappa shape index (κ2) is 9.53. The van der Waals surface area contributed by atoms with E-state index in [-0.39, 0.29) is 16.5 Å². The van der Waals surface area contributed by atoms with E-state index in [1.807, 2.05) is 0 Å². The summed E-state index contributed by atoms with van der Waals surface area (Å²) >= 11 is 12.1. The summed E-state index contributed by atoms with van der Waals surface area (Å²) in [5, 5.41) is 15.4. The Morgan fingerprint density at radius 1 is 1.03 bits per heavy atom. The second-order valence-electron chi connectivity index (χ2n) is 7.31. The Morgan fingerprint density at radius 3 is 2.47 bits per heavy atom. The number of carbonyl (C=O) groups excluding carboxylic acids is 1. The first-order valence-corrected chi connectivity index (χ1v) is 12.2. The fourth-order valence-electron chi connectivity index (χ4n) is 3.38. The summed E-state index contributed by atoms with van der Waals surface area (Å²) in [6.45, 7) is 0.726. The van der Waals surface area contributed by atoms with Crippen LogP contribution in [0.15, 0.2) is 47.4 Å². The predicted octanol–water partition coefficient (Wildman–Crippen LogP) is 3.46. The molecule has 12 heteroatoms. The van der Waals surface area contributed by atoms with Crippen molar-refractivity contribution >= 4 is 44.8 Å². The van der Waals surface area contributed by atoms with E-state index >= 15 is 0 Å². The molecule has 0 bridgehead atoms. The number of tetrazole rings is 1. The Kier molecular flexibility index (Phi) is 6.75. The predicted molar refractivity (Wildman–Crippen MR) is 121 cm³/mol. The van der Waals surface area contributed by atoms with Crippen LogP contribution in [-0.4, -0.2) is 51.9 Å². The van der Waals surface area contributed by atoms with E-state index in [2.05, 4.69) is 20.7 Å². The second-order valence-corrected chi connectivity index (χ2v) is 10.1. The van der Waals surface area contributed by atoms with Gasteiger partial charge in [0.05, 0.1) is 5.02 Å². The molecule has 1 aromatic heterocycles. The van der Waals surface area contributed by atoms with Crippen LogP contribution >= 0.6 is 23.2 Å². The monoisotopic (exact) mass is 494 g/mol. The smallest absolute Gasteiger partial charge is 0.248 e. The van der Waals surface area contributed by atoms with E-state index in [9.17, 15) is 13.2 Å². The Morgan fingerprint density at radius 2 is 1.75 bits per heavy atom. The van der Waals surface area contributed by atoms with Gasteiger partial charge in [0.2, 0.25) is 21.8 Å². The normalized spacial score (nSPS) is 14.9. The number of benzene rings is 2. The van der Waals surface area contributed by atoms with Gasteiger partial charge in [0.1, 0.15) is 11.4 Å². The minimum Gasteiger partial charge on any atom is -0.324 e. The molecule has 0 aliphatic carbocycles. The van der Waals surface area contributed by atoms with E-state index in [0.29, 0.717) is 35.2 Å². The lowest BCUT2D eigenvalue weighted by atomic mass is 10.2. The van der Waals surface area contributed by atoms with E-state index in [0.717, 1.165) is 24.1 Å². The molecule has 1 aliphatic heterocycles. The van der Waals surface area contributed by atoms with Gasteiger partial charge in [-0.3, -0.25) is 4.79 Å². The van der Waals surface area contributed by atoms with Crippen molar-refractivity contribution in [2.45, 2.75) is 30.7 Å². The Bertz CT molecular complexity index is 1220. The third-order valence-corrected chi connectivity index (χ3v) is 7.62. The zero-order valence-electron chi connectivity index (χ0n) is 16.9. The van der Waals surface area contributed by atoms with Crippen LogP contribution in [0.5, 0.6) is 0 Å². The van der Waals surface area contributed by atoms with Gasteiger partial charge in [-0.15, -0.1) is 10.2 Å². The zero-order valence-corrected chi connectivity index (χ0v) is 19.2. The van der Waals surface area contributed by atoms with Crippen LogP contribution in [0.1, 0.15) is 19.3 Å². The number of piperidine rings is 1. The Hall–Kier alpha value is -2.53. The molecule has 0 unspecified atom stereocenters. The maximum absolute atomic E-state index is 13.0. The van der Waals surface area contributed by atoms with Crippen LogP contribution in [0.2, 0.25) is 10.0 Å². The van der Waals surface area contributed by atoms with Crippen LogP contribution in [0.25, 0.3) is 11.4 Å². The van der Waals surface area contributed by atoms with Crippen molar-refractivity contribution in [1.82, 2.24) is 24.5 Å². The molecule has 9 nitrogen and oxygen atoms in total. The highest BCUT2D eigenvalue weighted by atomic mass is 35.5. The Balaban J connectivity index is 1.46. The van der Waals surface area contributed by atoms with Gasteiger partial charge in [0, 0.05) is 29.4 Å². The first kappa shape index (κ1) is 22.7. The van der Waals surface area contributed by atoms with Crippen LogP contribution in [0.3, 0.4) is 0 Å². The van der Waals surface area contributed by atoms with Crippen molar-refractivity contribution in [2.75, 3.05) is 18.4 Å². The van der Waals surface area contributed by atoms with Gasteiger partial charge < -0.3 is 5.32 Å². The third kappa shape index (κ3) is 5.09. The molecule has 0 radical (unpaired) electrons. The van der Waals surface area contributed by atoms with E-state index < -0.39 is 15.9 Å². The van der Waals surface area contributed by atoms with Gasteiger partial charge in [-0.2, -0.15) is 9.10 Å². The molecule has 2 aromatic carbocycles. The summed E-state index contributed by atoms with van der Waals surface area (Å²) in [5.41, 5.74) is 1.03. The molecular weight excluding hydrogens is 475 g/mol. The maximum atomic E-state index is 13.0. The molecule has 0 spiro atoms. The van der Waals surface area contributed by atoms with Gasteiger partial charge in [0.25, 0.3) is 0 Å². The number of amides is 1. The van der Waals surface area contributed by atoms with Gasteiger partial charge in [0.15, 0.2) is 0 Å². The lowest BCUT2D eigenvalue weighted by Gasteiger charge is -2.26. The molecule has 0 atom stereocenters.